The molecule has 0 saturated heterocycles. The Balaban J connectivity index is 0. The van der Waals surface area contributed by atoms with Crippen LogP contribution in [0.3, 0.4) is 0 Å². The minimum absolute atomic E-state index is 0. The molecule has 0 radical (unpaired) electrons. The standard InChI is InChI=1S/C5H5.C4H10N.2C4H9.2ClH.Ti/c1-2-4-5-3-1;1-4-5(2)3;2*1-4(2)3;;;/h1-3H,4H2;1,4H2,2-3H3;2*1-3H3;2*1H;. The van der Waals surface area contributed by atoms with Gasteiger partial charge in [-0.05, 0) is 0 Å². The molecule has 1 rings (SSSR count). The molecule has 0 heterocycles. The molecule has 126 valence electrons. The molecule has 0 unspecified atom stereocenters. The van der Waals surface area contributed by atoms with Crippen LogP contribution >= 0.6 is 24.8 Å². The van der Waals surface area contributed by atoms with Crippen molar-refractivity contribution in [2.24, 2.45) is 0 Å². The van der Waals surface area contributed by atoms with Gasteiger partial charge in [-0.2, -0.15) is 0 Å². The van der Waals surface area contributed by atoms with Crippen molar-refractivity contribution in [3.63, 3.8) is 0 Å². The second kappa shape index (κ2) is 8.55. The molecule has 0 amide bonds. The minimum Gasteiger partial charge on any atom is -0.147 e. The van der Waals surface area contributed by atoms with Crippen LogP contribution in [0.15, 0.2) is 22.1 Å². The average Bonchev–Trinajstić information content (AvgIpc) is 2.66. The first kappa shape index (κ1) is 24.0. The van der Waals surface area contributed by atoms with Gasteiger partial charge >= 0.3 is 124 Å². The predicted molar refractivity (Wildman–Crippen MR) is 99.1 cm³/mol. The minimum atomic E-state index is -2.21. The summed E-state index contributed by atoms with van der Waals surface area (Å²) in [4.78, 5) is 2.36. The summed E-state index contributed by atoms with van der Waals surface area (Å²) in [5, 5.41) is 0. The normalized spacial score (nSPS) is 15.6. The number of halogens is 2. The topological polar surface area (TPSA) is 3.24 Å². The largest absolute Gasteiger partial charge is 0.147 e. The van der Waals surface area contributed by atoms with Crippen LogP contribution < -0.4 is 0 Å². The Morgan fingerprint density at radius 2 is 1.48 bits per heavy atom. The third-order valence-corrected chi connectivity index (χ3v) is 16.6. The maximum atomic E-state index is 2.49. The van der Waals surface area contributed by atoms with Gasteiger partial charge in [0.1, 0.15) is 0 Å². The first-order valence-electron chi connectivity index (χ1n) is 7.53. The van der Waals surface area contributed by atoms with E-state index in [0.717, 1.165) is 0 Å². The smallest absolute Gasteiger partial charge is 0.147 e. The second-order valence-corrected chi connectivity index (χ2v) is 17.6. The Kier molecular flexibility index (Phi) is 9.77. The summed E-state index contributed by atoms with van der Waals surface area (Å²) in [7, 11) is 4.42. The van der Waals surface area contributed by atoms with Crippen LogP contribution in [0.2, 0.25) is 12.2 Å². The van der Waals surface area contributed by atoms with Gasteiger partial charge in [-0.25, -0.2) is 0 Å². The van der Waals surface area contributed by atoms with Gasteiger partial charge in [0.2, 0.25) is 0 Å². The van der Waals surface area contributed by atoms with Crippen LogP contribution in [0.25, 0.3) is 0 Å². The number of hydrogen-bond acceptors (Lipinski definition) is 1. The van der Waals surface area contributed by atoms with E-state index in [1.54, 1.807) is 0 Å². The Morgan fingerprint density at radius 1 is 1.00 bits per heavy atom. The summed E-state index contributed by atoms with van der Waals surface area (Å²) in [6.45, 7) is 16.2. The SMILES string of the molecule is CN(C)C[CH2][Ti]([C]1=CC=CC1)([C](C)(C)C)[C](C)(C)C.Cl.Cl. The molecular weight excluding hydrogens is 337 g/mol. The van der Waals surface area contributed by atoms with E-state index in [2.05, 4.69) is 78.8 Å². The molecule has 0 spiro atoms. The Labute approximate surface area is 148 Å². The van der Waals surface area contributed by atoms with E-state index in [1.165, 1.54) is 17.7 Å². The third kappa shape index (κ3) is 5.11. The van der Waals surface area contributed by atoms with Gasteiger partial charge in [-0.15, -0.1) is 24.8 Å². The maximum Gasteiger partial charge on any atom is -0.147 e. The zero-order chi connectivity index (χ0) is 14.9. The summed E-state index contributed by atoms with van der Waals surface area (Å²) in [6, 6.07) is 0. The second-order valence-electron chi connectivity index (χ2n) is 8.28. The average molecular weight is 372 g/mol. The first-order chi connectivity index (χ1) is 8.52. The van der Waals surface area contributed by atoms with Crippen LogP contribution in [0.1, 0.15) is 48.0 Å². The van der Waals surface area contributed by atoms with Gasteiger partial charge in [0.05, 0.1) is 0 Å². The molecule has 0 bridgehead atoms. The molecule has 1 nitrogen and oxygen atoms in total. The van der Waals surface area contributed by atoms with Gasteiger partial charge in [0.15, 0.2) is 0 Å². The van der Waals surface area contributed by atoms with E-state index in [0.29, 0.717) is 7.44 Å². The van der Waals surface area contributed by atoms with E-state index < -0.39 is 16.6 Å². The van der Waals surface area contributed by atoms with Crippen molar-refractivity contribution in [3.05, 3.63) is 22.1 Å². The van der Waals surface area contributed by atoms with Crippen molar-refractivity contribution < 1.29 is 16.6 Å². The Hall–Kier alpha value is 0.734. The van der Waals surface area contributed by atoms with E-state index in [9.17, 15) is 0 Å². The zero-order valence-corrected chi connectivity index (χ0v) is 18.3. The van der Waals surface area contributed by atoms with Crippen LogP contribution in [-0.2, 0) is 16.6 Å². The van der Waals surface area contributed by atoms with Crippen molar-refractivity contribution in [2.45, 2.75) is 60.1 Å². The molecule has 0 atom stereocenters. The van der Waals surface area contributed by atoms with E-state index >= 15 is 0 Å². The molecular formula is C17H35Cl2NTi. The molecule has 21 heavy (non-hydrogen) atoms. The number of rotatable bonds is 4. The third-order valence-electron chi connectivity index (χ3n) is 4.81. The van der Waals surface area contributed by atoms with Crippen LogP contribution in [0.5, 0.6) is 0 Å². The van der Waals surface area contributed by atoms with Gasteiger partial charge in [0.25, 0.3) is 0 Å². The summed E-state index contributed by atoms with van der Waals surface area (Å²) < 4.78 is 4.12. The molecule has 1 aliphatic carbocycles. The molecule has 0 aromatic carbocycles. The molecule has 0 aliphatic heterocycles. The predicted octanol–water partition coefficient (Wildman–Crippen LogP) is 6.24. The van der Waals surface area contributed by atoms with Gasteiger partial charge in [-0.1, -0.05) is 0 Å². The van der Waals surface area contributed by atoms with Gasteiger partial charge in [0, 0.05) is 0 Å². The van der Waals surface area contributed by atoms with Crippen LogP contribution in [0.4, 0.5) is 0 Å². The Morgan fingerprint density at radius 3 is 1.76 bits per heavy atom. The fourth-order valence-electron chi connectivity index (χ4n) is 4.15. The summed E-state index contributed by atoms with van der Waals surface area (Å²) in [5.74, 6) is 0. The van der Waals surface area contributed by atoms with Crippen LogP contribution in [-0.4, -0.2) is 25.5 Å². The summed E-state index contributed by atoms with van der Waals surface area (Å²) in [5.41, 5.74) is 0. The van der Waals surface area contributed by atoms with Crippen molar-refractivity contribution in [1.82, 2.24) is 4.90 Å². The number of hydrogen-bond donors (Lipinski definition) is 0. The van der Waals surface area contributed by atoms with E-state index in [4.69, 9.17) is 0 Å². The molecule has 0 aromatic rings. The van der Waals surface area contributed by atoms with E-state index in [1.807, 2.05) is 3.88 Å². The van der Waals surface area contributed by atoms with Crippen LogP contribution in [0, 0.1) is 0 Å². The van der Waals surface area contributed by atoms with Crippen molar-refractivity contribution >= 4 is 24.8 Å². The fourth-order valence-corrected chi connectivity index (χ4v) is 16.1. The first-order valence-corrected chi connectivity index (χ1v) is 11.0. The number of allylic oxidation sites excluding steroid dienone is 4. The zero-order valence-electron chi connectivity index (χ0n) is 15.1. The summed E-state index contributed by atoms with van der Waals surface area (Å²) in [6.07, 6.45) is 8.29. The summed E-state index contributed by atoms with van der Waals surface area (Å²) >= 11 is -2.21. The van der Waals surface area contributed by atoms with Crippen molar-refractivity contribution in [3.8, 4) is 0 Å². The molecule has 0 saturated carbocycles. The maximum absolute atomic E-state index is 2.49. The molecule has 4 heteroatoms. The van der Waals surface area contributed by atoms with Crippen molar-refractivity contribution in [2.75, 3.05) is 20.6 Å². The molecule has 0 aromatic heterocycles. The van der Waals surface area contributed by atoms with Gasteiger partial charge < -0.3 is 0 Å². The molecule has 0 N–H and O–H groups in total. The fraction of sp³-hybridized carbons (Fsp3) is 0.765. The quantitative estimate of drug-likeness (QED) is 0.528. The van der Waals surface area contributed by atoms with E-state index in [-0.39, 0.29) is 24.8 Å². The number of nitrogens with zero attached hydrogens (tertiary/aromatic N) is 1. The molecule has 1 aliphatic rings. The van der Waals surface area contributed by atoms with Crippen molar-refractivity contribution in [1.29, 1.82) is 0 Å². The molecule has 0 fully saturated rings. The monoisotopic (exact) mass is 371 g/mol. The Bertz CT molecular complexity index is 359. The van der Waals surface area contributed by atoms with Gasteiger partial charge in [-0.3, -0.25) is 0 Å².